The Morgan fingerprint density at radius 2 is 1.89 bits per heavy atom. The SMILES string of the molecule is Cc1n[nH]c(C)c1C(=O)Nc1c(Cl)cccc1Cl. The quantitative estimate of drug-likeness (QED) is 0.885. The number of benzene rings is 1. The summed E-state index contributed by atoms with van der Waals surface area (Å²) in [6, 6.07) is 5.05. The van der Waals surface area contributed by atoms with Crippen LogP contribution in [-0.2, 0) is 0 Å². The van der Waals surface area contributed by atoms with E-state index in [4.69, 9.17) is 23.2 Å². The summed E-state index contributed by atoms with van der Waals surface area (Å²) in [5, 5.41) is 10.2. The molecular formula is C12H11Cl2N3O. The molecule has 18 heavy (non-hydrogen) atoms. The lowest BCUT2D eigenvalue weighted by Gasteiger charge is -2.09. The number of aromatic nitrogens is 2. The summed E-state index contributed by atoms with van der Waals surface area (Å²) in [7, 11) is 0. The molecule has 0 bridgehead atoms. The third-order valence-corrected chi connectivity index (χ3v) is 3.19. The number of hydrogen-bond acceptors (Lipinski definition) is 2. The van der Waals surface area contributed by atoms with Gasteiger partial charge in [0.2, 0.25) is 0 Å². The Labute approximate surface area is 114 Å². The van der Waals surface area contributed by atoms with Crippen LogP contribution in [0.2, 0.25) is 10.0 Å². The number of halogens is 2. The highest BCUT2D eigenvalue weighted by Crippen LogP contribution is 2.30. The van der Waals surface area contributed by atoms with Crippen molar-refractivity contribution in [1.29, 1.82) is 0 Å². The standard InChI is InChI=1S/C12H11Cl2N3O/c1-6-10(7(2)17-16-6)12(18)15-11-8(13)4-3-5-9(11)14/h3-5H,1-2H3,(H,15,18)(H,16,17). The first-order valence-corrected chi connectivity index (χ1v) is 6.03. The minimum absolute atomic E-state index is 0.284. The molecule has 0 aliphatic carbocycles. The summed E-state index contributed by atoms with van der Waals surface area (Å²) < 4.78 is 0. The first-order chi connectivity index (χ1) is 8.50. The van der Waals surface area contributed by atoms with Gasteiger partial charge in [0, 0.05) is 5.69 Å². The third-order valence-electron chi connectivity index (χ3n) is 2.56. The van der Waals surface area contributed by atoms with Gasteiger partial charge < -0.3 is 5.32 Å². The lowest BCUT2D eigenvalue weighted by Crippen LogP contribution is -2.14. The molecule has 1 aromatic heterocycles. The van der Waals surface area contributed by atoms with Crippen LogP contribution in [0.4, 0.5) is 5.69 Å². The van der Waals surface area contributed by atoms with Crippen molar-refractivity contribution >= 4 is 34.8 Å². The van der Waals surface area contributed by atoms with Gasteiger partial charge in [0.05, 0.1) is 27.0 Å². The molecule has 1 amide bonds. The fraction of sp³-hybridized carbons (Fsp3) is 0.167. The van der Waals surface area contributed by atoms with Crippen LogP contribution in [-0.4, -0.2) is 16.1 Å². The van der Waals surface area contributed by atoms with Crippen molar-refractivity contribution in [3.8, 4) is 0 Å². The third kappa shape index (κ3) is 2.35. The van der Waals surface area contributed by atoms with Crippen molar-refractivity contribution in [2.24, 2.45) is 0 Å². The van der Waals surface area contributed by atoms with Crippen molar-refractivity contribution < 1.29 is 4.79 Å². The zero-order valence-electron chi connectivity index (χ0n) is 9.84. The molecule has 4 nitrogen and oxygen atoms in total. The van der Waals surface area contributed by atoms with Crippen LogP contribution >= 0.6 is 23.2 Å². The van der Waals surface area contributed by atoms with E-state index in [1.165, 1.54) is 0 Å². The average molecular weight is 284 g/mol. The number of aromatic amines is 1. The van der Waals surface area contributed by atoms with Crippen LogP contribution in [0.25, 0.3) is 0 Å². The molecule has 0 atom stereocenters. The highest BCUT2D eigenvalue weighted by Gasteiger charge is 2.17. The zero-order chi connectivity index (χ0) is 13.3. The van der Waals surface area contributed by atoms with Crippen LogP contribution < -0.4 is 5.32 Å². The van der Waals surface area contributed by atoms with Crippen LogP contribution in [0, 0.1) is 13.8 Å². The van der Waals surface area contributed by atoms with Gasteiger partial charge in [0.1, 0.15) is 0 Å². The number of nitrogens with zero attached hydrogens (tertiary/aromatic N) is 1. The number of nitrogens with one attached hydrogen (secondary N) is 2. The maximum atomic E-state index is 12.1. The number of amides is 1. The van der Waals surface area contributed by atoms with E-state index in [0.29, 0.717) is 32.7 Å². The Kier molecular flexibility index (Phi) is 3.59. The fourth-order valence-corrected chi connectivity index (χ4v) is 2.17. The number of H-pyrrole nitrogens is 1. The maximum absolute atomic E-state index is 12.1. The van der Waals surface area contributed by atoms with E-state index in [-0.39, 0.29) is 5.91 Å². The summed E-state index contributed by atoms with van der Waals surface area (Å²) in [6.45, 7) is 3.54. The topological polar surface area (TPSA) is 57.8 Å². The minimum atomic E-state index is -0.284. The van der Waals surface area contributed by atoms with Gasteiger partial charge in [-0.2, -0.15) is 5.10 Å². The average Bonchev–Trinajstić information content (AvgIpc) is 2.64. The van der Waals surface area contributed by atoms with Crippen LogP contribution in [0.3, 0.4) is 0 Å². The van der Waals surface area contributed by atoms with Gasteiger partial charge in [-0.05, 0) is 26.0 Å². The predicted octanol–water partition coefficient (Wildman–Crippen LogP) is 3.59. The van der Waals surface area contributed by atoms with Crippen molar-refractivity contribution in [1.82, 2.24) is 10.2 Å². The molecule has 0 aliphatic heterocycles. The van der Waals surface area contributed by atoms with E-state index < -0.39 is 0 Å². The van der Waals surface area contributed by atoms with Crippen molar-refractivity contribution in [3.63, 3.8) is 0 Å². The zero-order valence-corrected chi connectivity index (χ0v) is 11.4. The molecular weight excluding hydrogens is 273 g/mol. The molecule has 0 radical (unpaired) electrons. The minimum Gasteiger partial charge on any atom is -0.319 e. The van der Waals surface area contributed by atoms with Gasteiger partial charge in [-0.3, -0.25) is 9.89 Å². The monoisotopic (exact) mass is 283 g/mol. The van der Waals surface area contributed by atoms with E-state index >= 15 is 0 Å². The Balaban J connectivity index is 2.33. The summed E-state index contributed by atoms with van der Waals surface area (Å²) in [6.07, 6.45) is 0. The molecule has 1 heterocycles. The summed E-state index contributed by atoms with van der Waals surface area (Å²) in [5.74, 6) is -0.284. The van der Waals surface area contributed by atoms with Crippen molar-refractivity contribution in [2.75, 3.05) is 5.32 Å². The molecule has 0 unspecified atom stereocenters. The van der Waals surface area contributed by atoms with Crippen molar-refractivity contribution in [2.45, 2.75) is 13.8 Å². The highest BCUT2D eigenvalue weighted by atomic mass is 35.5. The van der Waals surface area contributed by atoms with Gasteiger partial charge in [-0.25, -0.2) is 0 Å². The van der Waals surface area contributed by atoms with E-state index in [2.05, 4.69) is 15.5 Å². The van der Waals surface area contributed by atoms with Crippen LogP contribution in [0.5, 0.6) is 0 Å². The van der Waals surface area contributed by atoms with E-state index in [0.717, 1.165) is 0 Å². The molecule has 1 aromatic carbocycles. The fourth-order valence-electron chi connectivity index (χ4n) is 1.68. The lowest BCUT2D eigenvalue weighted by atomic mass is 10.2. The van der Waals surface area contributed by atoms with Gasteiger partial charge in [0.15, 0.2) is 0 Å². The van der Waals surface area contributed by atoms with E-state index in [9.17, 15) is 4.79 Å². The number of rotatable bonds is 2. The van der Waals surface area contributed by atoms with Gasteiger partial charge >= 0.3 is 0 Å². The normalized spacial score (nSPS) is 10.4. The molecule has 0 aliphatic rings. The lowest BCUT2D eigenvalue weighted by molar-refractivity contribution is 0.102. The van der Waals surface area contributed by atoms with Crippen LogP contribution in [0.15, 0.2) is 18.2 Å². The largest absolute Gasteiger partial charge is 0.319 e. The van der Waals surface area contributed by atoms with Gasteiger partial charge in [0.25, 0.3) is 5.91 Å². The molecule has 0 saturated heterocycles. The molecule has 94 valence electrons. The summed E-state index contributed by atoms with van der Waals surface area (Å²) in [4.78, 5) is 12.1. The maximum Gasteiger partial charge on any atom is 0.259 e. The highest BCUT2D eigenvalue weighted by molar-refractivity contribution is 6.40. The Hall–Kier alpha value is -1.52. The molecule has 0 saturated carbocycles. The molecule has 0 fully saturated rings. The molecule has 2 aromatic rings. The number of para-hydroxylation sites is 1. The second-order valence-electron chi connectivity index (χ2n) is 3.86. The number of carbonyl (C=O) groups is 1. The Morgan fingerprint density at radius 3 is 2.39 bits per heavy atom. The van der Waals surface area contributed by atoms with E-state index in [1.807, 2.05) is 0 Å². The Morgan fingerprint density at radius 1 is 1.28 bits per heavy atom. The number of anilines is 1. The second kappa shape index (κ2) is 5.00. The number of carbonyl (C=O) groups excluding carboxylic acids is 1. The molecule has 6 heteroatoms. The first kappa shape index (κ1) is 12.9. The molecule has 0 spiro atoms. The summed E-state index contributed by atoms with van der Waals surface area (Å²) in [5.41, 5.74) is 2.25. The first-order valence-electron chi connectivity index (χ1n) is 5.27. The van der Waals surface area contributed by atoms with Gasteiger partial charge in [-0.15, -0.1) is 0 Å². The van der Waals surface area contributed by atoms with E-state index in [1.54, 1.807) is 32.0 Å². The molecule has 2 N–H and O–H groups in total. The number of hydrogen-bond donors (Lipinski definition) is 2. The second-order valence-corrected chi connectivity index (χ2v) is 4.67. The smallest absolute Gasteiger partial charge is 0.259 e. The Bertz CT molecular complexity index is 568. The van der Waals surface area contributed by atoms with Gasteiger partial charge in [-0.1, -0.05) is 29.3 Å². The van der Waals surface area contributed by atoms with Crippen molar-refractivity contribution in [3.05, 3.63) is 45.2 Å². The van der Waals surface area contributed by atoms with Crippen LogP contribution in [0.1, 0.15) is 21.7 Å². The summed E-state index contributed by atoms with van der Waals surface area (Å²) >= 11 is 12.0. The molecule has 2 rings (SSSR count). The number of aryl methyl sites for hydroxylation is 2. The predicted molar refractivity (Wildman–Crippen MR) is 72.5 cm³/mol.